The topological polar surface area (TPSA) is 238 Å². The summed E-state index contributed by atoms with van der Waals surface area (Å²) in [5.74, 6) is -11.0. The van der Waals surface area contributed by atoms with E-state index in [1.54, 1.807) is 83.1 Å². The molecule has 2 fully saturated rings. The second-order valence-corrected chi connectivity index (χ2v) is 21.5. The van der Waals surface area contributed by atoms with Crippen molar-refractivity contribution in [2.24, 2.45) is 47.3 Å². The molecule has 2 heterocycles. The molecule has 19 nitrogen and oxygen atoms in total. The zero-order valence-corrected chi connectivity index (χ0v) is 45.3. The van der Waals surface area contributed by atoms with Gasteiger partial charge in [-0.05, 0) is 48.3 Å². The van der Waals surface area contributed by atoms with E-state index >= 15 is 0 Å². The molecule has 0 spiro atoms. The molecule has 0 aromatic heterocycles. The molecule has 0 bridgehead atoms. The fourth-order valence-electron chi connectivity index (χ4n) is 7.36. The van der Waals surface area contributed by atoms with Crippen LogP contribution in [-0.4, -0.2) is 122 Å². The van der Waals surface area contributed by atoms with E-state index in [4.69, 9.17) is 52.1 Å². The molecule has 2 rings (SSSR count). The van der Waals surface area contributed by atoms with Crippen molar-refractivity contribution in [3.8, 4) is 0 Å². The molecule has 19 heteroatoms. The van der Waals surface area contributed by atoms with Crippen molar-refractivity contribution < 1.29 is 90.5 Å². The van der Waals surface area contributed by atoms with Crippen LogP contribution in [0.15, 0.2) is 0 Å². The van der Waals surface area contributed by atoms with Gasteiger partial charge in [-0.3, -0.25) is 38.4 Å². The summed E-state index contributed by atoms with van der Waals surface area (Å²) in [6.45, 7) is 26.1. The lowest BCUT2D eigenvalue weighted by Gasteiger charge is -2.47. The highest BCUT2D eigenvalue weighted by Crippen LogP contribution is 2.42. The summed E-state index contributed by atoms with van der Waals surface area (Å²) in [5.41, 5.74) is 0. The van der Waals surface area contributed by atoms with Gasteiger partial charge in [0, 0.05) is 38.5 Å². The monoisotopic (exact) mass is 1010 g/mol. The van der Waals surface area contributed by atoms with E-state index in [2.05, 4.69) is 0 Å². The minimum absolute atomic E-state index is 0.00545. The van der Waals surface area contributed by atoms with Crippen molar-refractivity contribution in [3.05, 3.63) is 0 Å². The van der Waals surface area contributed by atoms with Crippen LogP contribution in [0.3, 0.4) is 0 Å². The summed E-state index contributed by atoms with van der Waals surface area (Å²) in [7, 11) is 0. The maximum Gasteiger partial charge on any atom is 0.309 e. The van der Waals surface area contributed by atoms with Crippen LogP contribution in [0.2, 0.25) is 0 Å². The molecule has 2 aliphatic heterocycles. The summed E-state index contributed by atoms with van der Waals surface area (Å²) < 4.78 is 68.1. The highest BCUT2D eigenvalue weighted by molar-refractivity contribution is 5.74. The Balaban J connectivity index is 3.15. The van der Waals surface area contributed by atoms with Gasteiger partial charge in [0.2, 0.25) is 12.1 Å². The van der Waals surface area contributed by atoms with Gasteiger partial charge in [-0.1, -0.05) is 111 Å². The largest absolute Gasteiger partial charge is 0.463 e. The number of hydrogen-bond donors (Lipinski definition) is 0. The smallest absolute Gasteiger partial charge is 0.309 e. The van der Waals surface area contributed by atoms with Crippen LogP contribution in [0, 0.1) is 47.3 Å². The first-order valence-electron chi connectivity index (χ1n) is 25.6. The standard InChI is InChI=1S/C52H86O19/c1-17-34(15)49(59)63-27-52(48(68-43(58)24-33(13)14)45(69-50(60)35(16)18-2)37(70-52)26-62-39(54)20-29(5)6)71-51-47(67-42(57)23-32(11)12)46(66-41(56)22-31(9)10)44(65-40(55)21-30(7)8)36(64-51)25-61-38(53)19-28(3)4/h28-37,44-48,51H,17-27H2,1-16H3/t34-,35-,36+,37+,44+,45+,46-,47+,48-,51+,52-/m0/s1. The van der Waals surface area contributed by atoms with Gasteiger partial charge in [-0.25, -0.2) is 0 Å². The molecule has 11 atom stereocenters. The summed E-state index contributed by atoms with van der Waals surface area (Å²) in [6.07, 6.45) is -13.4. The van der Waals surface area contributed by atoms with Crippen molar-refractivity contribution in [1.29, 1.82) is 0 Å². The van der Waals surface area contributed by atoms with Gasteiger partial charge in [0.25, 0.3) is 0 Å². The Morgan fingerprint density at radius 2 is 0.803 bits per heavy atom. The van der Waals surface area contributed by atoms with Gasteiger partial charge in [0.1, 0.15) is 32.0 Å². The van der Waals surface area contributed by atoms with E-state index in [0.29, 0.717) is 12.8 Å². The number of hydrogen-bond acceptors (Lipinski definition) is 19. The minimum atomic E-state index is -2.56. The third-order valence-electron chi connectivity index (χ3n) is 11.4. The van der Waals surface area contributed by atoms with Gasteiger partial charge in [-0.2, -0.15) is 0 Å². The Hall–Kier alpha value is -4.36. The van der Waals surface area contributed by atoms with Crippen molar-refractivity contribution in [1.82, 2.24) is 0 Å². The SMILES string of the molecule is CC[C@H](C)C(=O)OC[C@@]1(O[C@H]2O[C@H](COC(=O)CC(C)C)[C@@H](OC(=O)CC(C)C)[C@H](OC(=O)CC(C)C)[C@H]2OC(=O)CC(C)C)O[C@H](COC(=O)CC(C)C)[C@@H](OC(=O)[C@@H](C)CC)[C@@H]1OC(=O)CC(C)C. The zero-order valence-electron chi connectivity index (χ0n) is 45.3. The molecule has 2 saturated heterocycles. The summed E-state index contributed by atoms with van der Waals surface area (Å²) in [4.78, 5) is 109. The Bertz CT molecular complexity index is 1740. The number of ether oxygens (including phenoxy) is 11. The second-order valence-electron chi connectivity index (χ2n) is 21.5. The summed E-state index contributed by atoms with van der Waals surface area (Å²) in [5, 5.41) is 0. The molecule has 408 valence electrons. The highest BCUT2D eigenvalue weighted by atomic mass is 16.8. The predicted molar refractivity (Wildman–Crippen MR) is 255 cm³/mol. The molecule has 0 aromatic rings. The fraction of sp³-hybridized carbons (Fsp3) is 0.846. The highest BCUT2D eigenvalue weighted by Gasteiger charge is 2.65. The molecule has 0 radical (unpaired) electrons. The van der Waals surface area contributed by atoms with Crippen LogP contribution in [-0.2, 0) is 90.5 Å². The lowest BCUT2D eigenvalue weighted by molar-refractivity contribution is -0.384. The number of esters is 8. The van der Waals surface area contributed by atoms with E-state index in [1.807, 2.05) is 27.7 Å². The lowest BCUT2D eigenvalue weighted by Crippen LogP contribution is -2.66. The van der Waals surface area contributed by atoms with Gasteiger partial charge < -0.3 is 52.1 Å². The number of rotatable bonds is 29. The first kappa shape index (κ1) is 62.8. The average molecular weight is 1020 g/mol. The van der Waals surface area contributed by atoms with Crippen molar-refractivity contribution >= 4 is 47.8 Å². The molecular weight excluding hydrogens is 929 g/mol. The first-order chi connectivity index (χ1) is 33.1. The minimum Gasteiger partial charge on any atom is -0.463 e. The van der Waals surface area contributed by atoms with Gasteiger partial charge in [0.05, 0.1) is 11.8 Å². The van der Waals surface area contributed by atoms with Crippen LogP contribution < -0.4 is 0 Å². The van der Waals surface area contributed by atoms with E-state index in [0.717, 1.165) is 0 Å². The first-order valence-corrected chi connectivity index (χ1v) is 25.6. The van der Waals surface area contributed by atoms with E-state index in [1.165, 1.54) is 0 Å². The maximum absolute atomic E-state index is 13.9. The molecule has 2 aliphatic rings. The van der Waals surface area contributed by atoms with Crippen LogP contribution in [0.1, 0.15) is 162 Å². The predicted octanol–water partition coefficient (Wildman–Crippen LogP) is 7.38. The molecule has 0 aromatic carbocycles. The quantitative estimate of drug-likeness (QED) is 0.0524. The molecule has 0 N–H and O–H groups in total. The van der Waals surface area contributed by atoms with Gasteiger partial charge in [0.15, 0.2) is 30.5 Å². The normalized spacial score (nSPS) is 25.2. The lowest BCUT2D eigenvalue weighted by atomic mass is 9.97. The van der Waals surface area contributed by atoms with Crippen LogP contribution in [0.5, 0.6) is 0 Å². The van der Waals surface area contributed by atoms with Gasteiger partial charge >= 0.3 is 47.8 Å². The molecule has 0 aliphatic carbocycles. The molecular formula is C52H86O19. The third kappa shape index (κ3) is 21.3. The fourth-order valence-corrected chi connectivity index (χ4v) is 7.36. The van der Waals surface area contributed by atoms with Crippen molar-refractivity contribution in [2.75, 3.05) is 19.8 Å². The molecule has 0 saturated carbocycles. The van der Waals surface area contributed by atoms with E-state index < -0.39 is 134 Å². The number of carbonyl (C=O) groups is 8. The van der Waals surface area contributed by atoms with Crippen LogP contribution in [0.25, 0.3) is 0 Å². The van der Waals surface area contributed by atoms with Crippen LogP contribution in [0.4, 0.5) is 0 Å². The van der Waals surface area contributed by atoms with Crippen molar-refractivity contribution in [3.63, 3.8) is 0 Å². The molecule has 71 heavy (non-hydrogen) atoms. The Labute approximate surface area is 421 Å². The molecule has 0 unspecified atom stereocenters. The number of carbonyl (C=O) groups excluding carboxylic acids is 8. The van der Waals surface area contributed by atoms with Crippen LogP contribution >= 0.6 is 0 Å². The van der Waals surface area contributed by atoms with E-state index in [9.17, 15) is 38.4 Å². The Morgan fingerprint density at radius 3 is 1.24 bits per heavy atom. The average Bonchev–Trinajstić information content (AvgIpc) is 3.51. The Morgan fingerprint density at radius 1 is 0.423 bits per heavy atom. The third-order valence-corrected chi connectivity index (χ3v) is 11.4. The van der Waals surface area contributed by atoms with Crippen molar-refractivity contribution in [2.45, 2.75) is 217 Å². The Kier molecular flexibility index (Phi) is 26.5. The summed E-state index contributed by atoms with van der Waals surface area (Å²) in [6, 6.07) is 0. The second kappa shape index (κ2) is 30.0. The van der Waals surface area contributed by atoms with Gasteiger partial charge in [-0.15, -0.1) is 0 Å². The molecule has 0 amide bonds. The van der Waals surface area contributed by atoms with E-state index in [-0.39, 0.29) is 74.0 Å². The summed E-state index contributed by atoms with van der Waals surface area (Å²) >= 11 is 0. The zero-order chi connectivity index (χ0) is 53.9. The maximum atomic E-state index is 13.9.